The minimum atomic E-state index is -4.32. The molecule has 0 aliphatic carbocycles. The molecule has 0 aliphatic rings. The van der Waals surface area contributed by atoms with Gasteiger partial charge in [-0.2, -0.15) is 8.42 Å². The Morgan fingerprint density at radius 2 is 1.42 bits per heavy atom. The van der Waals surface area contributed by atoms with Crippen LogP contribution >= 0.6 is 0 Å². The van der Waals surface area contributed by atoms with E-state index in [1.807, 2.05) is 0 Å². The van der Waals surface area contributed by atoms with Gasteiger partial charge in [-0.15, -0.1) is 5.75 Å². The Bertz CT molecular complexity index is 558. The molecular weight excluding hydrogens is 351 g/mol. The Labute approximate surface area is 189 Å². The van der Waals surface area contributed by atoms with Gasteiger partial charge in [0, 0.05) is 0 Å². The topological polar surface area (TPSA) is 77.4 Å². The second-order valence-electron chi connectivity index (χ2n) is 6.18. The van der Waals surface area contributed by atoms with Crippen LogP contribution < -0.4 is 56.5 Å². The summed E-state index contributed by atoms with van der Waals surface area (Å²) in [4.78, 5) is -0.235. The van der Waals surface area contributed by atoms with Gasteiger partial charge in [0.1, 0.15) is 0 Å². The minimum Gasteiger partial charge on any atom is -0.872 e. The van der Waals surface area contributed by atoms with Gasteiger partial charge < -0.3 is 5.11 Å². The zero-order valence-corrected chi connectivity index (χ0v) is 19.0. The van der Waals surface area contributed by atoms with Gasteiger partial charge in [0.25, 0.3) is 10.1 Å². The van der Waals surface area contributed by atoms with E-state index in [-0.39, 0.29) is 56.3 Å². The van der Waals surface area contributed by atoms with Gasteiger partial charge in [-0.3, -0.25) is 4.55 Å². The van der Waals surface area contributed by atoms with Crippen LogP contribution in [0.4, 0.5) is 0 Å². The molecule has 0 aromatic heterocycles. The maximum Gasteiger partial charge on any atom is 1.00 e. The van der Waals surface area contributed by atoms with Crippen molar-refractivity contribution in [1.29, 1.82) is 0 Å². The van der Waals surface area contributed by atoms with Crippen LogP contribution in [0.5, 0.6) is 5.75 Å². The predicted octanol–water partition coefficient (Wildman–Crippen LogP) is 1.47. The van der Waals surface area contributed by atoms with Crippen LogP contribution in [0.3, 0.4) is 0 Å². The molecule has 1 aromatic rings. The second kappa shape index (κ2) is 13.7. The number of hydrogen-bond acceptors (Lipinski definition) is 3. The normalized spacial score (nSPS) is 11.2. The first kappa shape index (κ1) is 24.6. The summed E-state index contributed by atoms with van der Waals surface area (Å²) in [6.07, 6.45) is 12.7. The Balaban J connectivity index is 0.00000529. The summed E-state index contributed by atoms with van der Waals surface area (Å²) in [5, 5.41) is 11.3. The average Bonchev–Trinajstić information content (AvgIpc) is 2.49. The predicted molar refractivity (Wildman–Crippen MR) is 91.3 cm³/mol. The summed E-state index contributed by atoms with van der Waals surface area (Å²) >= 11 is 0. The molecule has 0 bridgehead atoms. The van der Waals surface area contributed by atoms with Gasteiger partial charge in [0.05, 0.1) is 4.90 Å². The molecule has 132 valence electrons. The molecule has 0 fully saturated rings. The Morgan fingerprint density at radius 1 is 0.917 bits per heavy atom. The fourth-order valence-corrected chi connectivity index (χ4v) is 3.55. The number of aryl methyl sites for hydroxylation is 1. The molecule has 0 atom stereocenters. The molecule has 1 aromatic carbocycles. The van der Waals surface area contributed by atoms with E-state index in [9.17, 15) is 18.1 Å². The van der Waals surface area contributed by atoms with E-state index in [0.717, 1.165) is 25.3 Å². The summed E-state index contributed by atoms with van der Waals surface area (Å²) in [6.45, 7) is 2.22. The van der Waals surface area contributed by atoms with Crippen LogP contribution in [0.15, 0.2) is 23.1 Å². The summed E-state index contributed by atoms with van der Waals surface area (Å²) in [5.41, 5.74) is 0.534. The van der Waals surface area contributed by atoms with E-state index < -0.39 is 15.9 Å². The summed E-state index contributed by atoms with van der Waals surface area (Å²) < 4.78 is 31.8. The molecule has 4 nitrogen and oxygen atoms in total. The Hall–Kier alpha value is 0.566. The van der Waals surface area contributed by atoms with E-state index in [4.69, 9.17) is 0 Å². The van der Waals surface area contributed by atoms with Gasteiger partial charge >= 0.3 is 51.4 Å². The molecule has 0 amide bonds. The van der Waals surface area contributed by atoms with Gasteiger partial charge in [-0.05, 0) is 24.5 Å². The van der Waals surface area contributed by atoms with Crippen molar-refractivity contribution >= 4 is 10.1 Å². The van der Waals surface area contributed by atoms with Crippen molar-refractivity contribution in [1.82, 2.24) is 0 Å². The molecule has 6 heteroatoms. The molecule has 0 unspecified atom stereocenters. The van der Waals surface area contributed by atoms with Crippen LogP contribution in [-0.4, -0.2) is 13.0 Å². The third-order valence-corrected chi connectivity index (χ3v) is 5.05. The van der Waals surface area contributed by atoms with E-state index in [1.54, 1.807) is 0 Å². The molecule has 0 radical (unpaired) electrons. The van der Waals surface area contributed by atoms with Crippen molar-refractivity contribution in [3.05, 3.63) is 23.8 Å². The first-order valence-electron chi connectivity index (χ1n) is 8.72. The summed E-state index contributed by atoms with van der Waals surface area (Å²) in [5.74, 6) is -0.399. The van der Waals surface area contributed by atoms with E-state index in [1.165, 1.54) is 57.1 Å². The van der Waals surface area contributed by atoms with Crippen LogP contribution in [0.1, 0.15) is 76.7 Å². The van der Waals surface area contributed by atoms with Crippen molar-refractivity contribution in [2.45, 2.75) is 82.4 Å². The van der Waals surface area contributed by atoms with Crippen LogP contribution in [0, 0.1) is 0 Å². The molecule has 1 rings (SSSR count). The van der Waals surface area contributed by atoms with Crippen LogP contribution in [-0.2, 0) is 16.5 Å². The number of unbranched alkanes of at least 4 members (excludes halogenated alkanes) is 9. The molecule has 0 heterocycles. The Morgan fingerprint density at radius 3 is 1.92 bits per heavy atom. The summed E-state index contributed by atoms with van der Waals surface area (Å²) in [7, 11) is -4.32. The van der Waals surface area contributed by atoms with Crippen molar-refractivity contribution < 1.29 is 69.5 Å². The van der Waals surface area contributed by atoms with E-state index in [2.05, 4.69) is 6.92 Å². The largest absolute Gasteiger partial charge is 1.00 e. The molecule has 0 spiro atoms. The first-order valence-corrected chi connectivity index (χ1v) is 10.2. The zero-order chi connectivity index (χ0) is 17.1. The second-order valence-corrected chi connectivity index (χ2v) is 7.57. The zero-order valence-electron chi connectivity index (χ0n) is 15.1. The first-order chi connectivity index (χ1) is 10.9. The summed E-state index contributed by atoms with van der Waals surface area (Å²) in [6, 6.07) is 3.86. The molecular formula is C18H29KO4S. The number of hydrogen-bond donors (Lipinski definition) is 1. The van der Waals surface area contributed by atoms with E-state index >= 15 is 0 Å². The van der Waals surface area contributed by atoms with Gasteiger partial charge in [-0.25, -0.2) is 0 Å². The smallest absolute Gasteiger partial charge is 0.872 e. The molecule has 0 aliphatic heterocycles. The quantitative estimate of drug-likeness (QED) is 0.338. The SMILES string of the molecule is CCCCCCCCCCCCc1ccc([O-])cc1S(=O)(=O)O.[K+]. The fourth-order valence-electron chi connectivity index (χ4n) is 2.78. The number of benzene rings is 1. The van der Waals surface area contributed by atoms with Crippen molar-refractivity contribution in [3.8, 4) is 5.75 Å². The van der Waals surface area contributed by atoms with Crippen LogP contribution in [0.25, 0.3) is 0 Å². The van der Waals surface area contributed by atoms with Crippen molar-refractivity contribution in [2.24, 2.45) is 0 Å². The van der Waals surface area contributed by atoms with Crippen LogP contribution in [0.2, 0.25) is 0 Å². The number of rotatable bonds is 12. The Kier molecular flexibility index (Phi) is 14.1. The molecule has 1 N–H and O–H groups in total. The van der Waals surface area contributed by atoms with Gasteiger partial charge in [0.15, 0.2) is 0 Å². The standard InChI is InChI=1S/C18H30O4S.K/c1-2-3-4-5-6-7-8-9-10-11-12-16-13-14-17(19)15-18(16)23(20,21)22;/h13-15,19H,2-12H2,1H3,(H,20,21,22);/q;+1/p-1. The average molecular weight is 381 g/mol. The van der Waals surface area contributed by atoms with Gasteiger partial charge in [0.2, 0.25) is 0 Å². The fraction of sp³-hybridized carbons (Fsp3) is 0.667. The monoisotopic (exact) mass is 380 g/mol. The van der Waals surface area contributed by atoms with Gasteiger partial charge in [-0.1, -0.05) is 76.8 Å². The van der Waals surface area contributed by atoms with E-state index in [0.29, 0.717) is 12.0 Å². The third kappa shape index (κ3) is 10.5. The maximum absolute atomic E-state index is 11.3. The molecule has 0 saturated carbocycles. The third-order valence-electron chi connectivity index (χ3n) is 4.12. The minimum absolute atomic E-state index is 0. The molecule has 24 heavy (non-hydrogen) atoms. The maximum atomic E-state index is 11.3. The van der Waals surface area contributed by atoms with Crippen molar-refractivity contribution in [2.75, 3.05) is 0 Å². The molecule has 0 saturated heterocycles. The van der Waals surface area contributed by atoms with Crippen molar-refractivity contribution in [3.63, 3.8) is 0 Å².